The molecule has 3 heterocycles. The summed E-state index contributed by atoms with van der Waals surface area (Å²) >= 11 is 0. The highest BCUT2D eigenvalue weighted by atomic mass is 19.4. The third-order valence-electron chi connectivity index (χ3n) is 5.03. The fourth-order valence-corrected chi connectivity index (χ4v) is 3.51. The van der Waals surface area contributed by atoms with E-state index < -0.39 is 11.7 Å². The lowest BCUT2D eigenvalue weighted by molar-refractivity contribution is -0.137. The lowest BCUT2D eigenvalue weighted by atomic mass is 10.0. The van der Waals surface area contributed by atoms with E-state index in [1.54, 1.807) is 23.4 Å². The third kappa shape index (κ3) is 4.68. The van der Waals surface area contributed by atoms with Gasteiger partial charge in [-0.3, -0.25) is 4.79 Å². The van der Waals surface area contributed by atoms with Crippen molar-refractivity contribution in [1.29, 1.82) is 0 Å². The summed E-state index contributed by atoms with van der Waals surface area (Å²) in [7, 11) is 0. The largest absolute Gasteiger partial charge is 0.472 e. The zero-order valence-electron chi connectivity index (χ0n) is 16.7. The summed E-state index contributed by atoms with van der Waals surface area (Å²) in [5.41, 5.74) is 1.19. The van der Waals surface area contributed by atoms with E-state index in [-0.39, 0.29) is 17.9 Å². The number of amides is 1. The number of pyridine rings is 1. The molecule has 1 aliphatic heterocycles. The molecule has 1 aromatic carbocycles. The fourth-order valence-electron chi connectivity index (χ4n) is 3.51. The minimum atomic E-state index is -4.45. The van der Waals surface area contributed by atoms with Gasteiger partial charge < -0.3 is 9.64 Å². The minimum Gasteiger partial charge on any atom is -0.472 e. The normalized spacial score (nSPS) is 16.9. The second-order valence-corrected chi connectivity index (χ2v) is 7.36. The molecule has 2 aromatic heterocycles. The summed E-state index contributed by atoms with van der Waals surface area (Å²) in [6.07, 6.45) is 0.396. The van der Waals surface area contributed by atoms with Gasteiger partial charge in [0.2, 0.25) is 5.88 Å². The number of benzene rings is 1. The Bertz CT molecular complexity index is 1050. The van der Waals surface area contributed by atoms with Gasteiger partial charge in [0.25, 0.3) is 5.91 Å². The van der Waals surface area contributed by atoms with Crippen LogP contribution in [-0.4, -0.2) is 50.0 Å². The van der Waals surface area contributed by atoms with Gasteiger partial charge in [-0.2, -0.15) is 28.2 Å². The Kier molecular flexibility index (Phi) is 5.62. The molecule has 31 heavy (non-hydrogen) atoms. The van der Waals surface area contributed by atoms with E-state index in [9.17, 15) is 18.0 Å². The first kappa shape index (κ1) is 20.8. The molecule has 3 aromatic rings. The molecule has 0 spiro atoms. The summed E-state index contributed by atoms with van der Waals surface area (Å²) in [5, 5.41) is 8.27. The molecule has 0 N–H and O–H groups in total. The smallest absolute Gasteiger partial charge is 0.417 e. The highest BCUT2D eigenvalue weighted by Gasteiger charge is 2.31. The van der Waals surface area contributed by atoms with E-state index >= 15 is 0 Å². The number of aromatic nitrogens is 4. The van der Waals surface area contributed by atoms with Crippen molar-refractivity contribution in [2.24, 2.45) is 0 Å². The average molecular weight is 431 g/mol. The summed E-state index contributed by atoms with van der Waals surface area (Å²) in [5.74, 6) is -0.0787. The van der Waals surface area contributed by atoms with Crippen LogP contribution in [0.2, 0.25) is 0 Å². The number of piperidine rings is 1. The van der Waals surface area contributed by atoms with Crippen LogP contribution in [0, 0.1) is 6.92 Å². The molecule has 0 radical (unpaired) electrons. The number of hydrogen-bond donors (Lipinski definition) is 0. The van der Waals surface area contributed by atoms with Gasteiger partial charge >= 0.3 is 6.18 Å². The van der Waals surface area contributed by atoms with Gasteiger partial charge in [0.1, 0.15) is 6.10 Å². The van der Waals surface area contributed by atoms with Crippen LogP contribution in [0.4, 0.5) is 13.2 Å². The first-order chi connectivity index (χ1) is 14.8. The second-order valence-electron chi connectivity index (χ2n) is 7.36. The van der Waals surface area contributed by atoms with Crippen molar-refractivity contribution in [2.75, 3.05) is 13.1 Å². The average Bonchev–Trinajstić information content (AvgIpc) is 3.28. The topological polar surface area (TPSA) is 73.1 Å². The van der Waals surface area contributed by atoms with Crippen molar-refractivity contribution < 1.29 is 22.7 Å². The summed E-state index contributed by atoms with van der Waals surface area (Å²) in [6, 6.07) is 7.58. The summed E-state index contributed by atoms with van der Waals surface area (Å²) < 4.78 is 43.9. The number of hydrogen-bond acceptors (Lipinski definition) is 5. The zero-order chi connectivity index (χ0) is 22.0. The van der Waals surface area contributed by atoms with Gasteiger partial charge in [0, 0.05) is 18.8 Å². The van der Waals surface area contributed by atoms with E-state index in [0.29, 0.717) is 37.2 Å². The van der Waals surface area contributed by atoms with Crippen molar-refractivity contribution in [3.05, 3.63) is 65.6 Å². The van der Waals surface area contributed by atoms with E-state index in [2.05, 4.69) is 15.2 Å². The molecule has 0 aliphatic carbocycles. The van der Waals surface area contributed by atoms with Crippen molar-refractivity contribution in [3.8, 4) is 11.6 Å². The number of halogens is 3. The Labute approximate surface area is 176 Å². The van der Waals surface area contributed by atoms with Crippen LogP contribution in [-0.2, 0) is 6.18 Å². The van der Waals surface area contributed by atoms with Crippen molar-refractivity contribution in [2.45, 2.75) is 32.0 Å². The molecule has 0 bridgehead atoms. The van der Waals surface area contributed by atoms with Crippen LogP contribution in [0.3, 0.4) is 0 Å². The molecule has 162 valence electrons. The fraction of sp³-hybridized carbons (Fsp3) is 0.333. The number of nitrogens with zero attached hydrogens (tertiary/aromatic N) is 5. The lowest BCUT2D eigenvalue weighted by Gasteiger charge is -2.33. The first-order valence-corrected chi connectivity index (χ1v) is 9.78. The second kappa shape index (κ2) is 8.37. The first-order valence-electron chi connectivity index (χ1n) is 9.78. The maximum atomic E-state index is 13.2. The van der Waals surface area contributed by atoms with E-state index in [1.165, 1.54) is 10.9 Å². The Hall–Kier alpha value is -3.43. The number of rotatable bonds is 4. The quantitative estimate of drug-likeness (QED) is 0.630. The van der Waals surface area contributed by atoms with Gasteiger partial charge in [0.15, 0.2) is 0 Å². The van der Waals surface area contributed by atoms with Crippen LogP contribution in [0.15, 0.2) is 48.9 Å². The highest BCUT2D eigenvalue weighted by Crippen LogP contribution is 2.29. The summed E-state index contributed by atoms with van der Waals surface area (Å²) in [4.78, 5) is 20.1. The van der Waals surface area contributed by atoms with Gasteiger partial charge in [-0.05, 0) is 43.5 Å². The van der Waals surface area contributed by atoms with Crippen molar-refractivity contribution >= 4 is 5.91 Å². The predicted molar refractivity (Wildman–Crippen MR) is 105 cm³/mol. The van der Waals surface area contributed by atoms with Gasteiger partial charge in [-0.15, -0.1) is 0 Å². The van der Waals surface area contributed by atoms with Gasteiger partial charge in [0.05, 0.1) is 35.8 Å². The van der Waals surface area contributed by atoms with E-state index in [0.717, 1.165) is 17.8 Å². The van der Waals surface area contributed by atoms with Crippen molar-refractivity contribution in [3.63, 3.8) is 0 Å². The minimum absolute atomic E-state index is 0.101. The van der Waals surface area contributed by atoms with Crippen LogP contribution >= 0.6 is 0 Å². The SMILES string of the molecule is Cc1ccc(C(=O)N2CCCC(Oc3ccc(C(F)(F)F)cn3)C2)c(-n2nccn2)c1. The monoisotopic (exact) mass is 431 g/mol. The lowest BCUT2D eigenvalue weighted by Crippen LogP contribution is -2.44. The van der Waals surface area contributed by atoms with Gasteiger partial charge in [-0.1, -0.05) is 6.07 Å². The third-order valence-corrected chi connectivity index (χ3v) is 5.03. The Morgan fingerprint density at radius 1 is 1.16 bits per heavy atom. The van der Waals surface area contributed by atoms with E-state index in [1.807, 2.05) is 19.1 Å². The number of carbonyl (C=O) groups is 1. The zero-order valence-corrected chi connectivity index (χ0v) is 16.7. The molecule has 1 saturated heterocycles. The molecule has 1 unspecified atom stereocenters. The van der Waals surface area contributed by atoms with Gasteiger partial charge in [-0.25, -0.2) is 4.98 Å². The number of ether oxygens (including phenoxy) is 1. The molecule has 0 saturated carbocycles. The number of alkyl halides is 3. The number of aryl methyl sites for hydroxylation is 1. The van der Waals surface area contributed by atoms with Crippen LogP contribution in [0.5, 0.6) is 5.88 Å². The molecule has 1 fully saturated rings. The van der Waals surface area contributed by atoms with Crippen LogP contribution < -0.4 is 4.74 Å². The Morgan fingerprint density at radius 3 is 2.61 bits per heavy atom. The molecule has 10 heteroatoms. The Balaban J connectivity index is 1.49. The maximum Gasteiger partial charge on any atom is 0.417 e. The molecular formula is C21H20F3N5O2. The van der Waals surface area contributed by atoms with Crippen LogP contribution in [0.1, 0.15) is 34.3 Å². The number of carbonyl (C=O) groups excluding carboxylic acids is 1. The molecule has 4 rings (SSSR count). The maximum absolute atomic E-state index is 13.2. The predicted octanol–water partition coefficient (Wildman–Crippen LogP) is 3.67. The highest BCUT2D eigenvalue weighted by molar-refractivity contribution is 5.98. The van der Waals surface area contributed by atoms with E-state index in [4.69, 9.17) is 4.74 Å². The van der Waals surface area contributed by atoms with Crippen LogP contribution in [0.25, 0.3) is 5.69 Å². The molecule has 7 nitrogen and oxygen atoms in total. The molecular weight excluding hydrogens is 411 g/mol. The van der Waals surface area contributed by atoms with Crippen molar-refractivity contribution in [1.82, 2.24) is 24.9 Å². The molecule has 1 aliphatic rings. The molecule has 1 amide bonds. The standard InChI is InChI=1S/C21H20F3N5O2/c1-14-4-6-17(18(11-14)29-26-8-9-27-29)20(30)28-10-2-3-16(13-28)31-19-7-5-15(12-25-19)21(22,23)24/h4-9,11-12,16H,2-3,10,13H2,1H3. The molecule has 1 atom stereocenters. The number of likely N-dealkylation sites (tertiary alicyclic amines) is 1. The summed E-state index contributed by atoms with van der Waals surface area (Å²) in [6.45, 7) is 2.78. The Morgan fingerprint density at radius 2 is 1.94 bits per heavy atom.